The van der Waals surface area contributed by atoms with Gasteiger partial charge in [0.2, 0.25) is 17.8 Å². The first-order valence-electron chi connectivity index (χ1n) is 13.0. The first-order chi connectivity index (χ1) is 20.1. The maximum absolute atomic E-state index is 6.13. The zero-order chi connectivity index (χ0) is 30.4. The van der Waals surface area contributed by atoms with Crippen molar-refractivity contribution in [1.29, 1.82) is 0 Å². The Morgan fingerprint density at radius 3 is 1.86 bits per heavy atom. The third kappa shape index (κ3) is 6.86. The summed E-state index contributed by atoms with van der Waals surface area (Å²) in [5.41, 5.74) is 24.4. The molecule has 0 fully saturated rings. The molecule has 15 heteroatoms. The number of nitrogens with two attached hydrogens (primary N) is 4. The van der Waals surface area contributed by atoms with Crippen LogP contribution in [0.3, 0.4) is 0 Å². The maximum Gasteiger partial charge on any atom is 0.257 e. The fourth-order valence-electron chi connectivity index (χ4n) is 3.89. The van der Waals surface area contributed by atoms with Gasteiger partial charge in [-0.25, -0.2) is 19.9 Å². The summed E-state index contributed by atoms with van der Waals surface area (Å²) in [6.45, 7) is 6.21. The van der Waals surface area contributed by atoms with Crippen LogP contribution in [0.25, 0.3) is 0 Å². The molecule has 0 aromatic carbocycles. The summed E-state index contributed by atoms with van der Waals surface area (Å²) < 4.78 is 29.0. The Labute approximate surface area is 242 Å². The van der Waals surface area contributed by atoms with Crippen LogP contribution in [0.5, 0.6) is 40.5 Å². The Kier molecular flexibility index (Phi) is 9.09. The smallest absolute Gasteiger partial charge is 0.257 e. The molecule has 0 aliphatic rings. The van der Waals surface area contributed by atoms with Crippen LogP contribution in [0.1, 0.15) is 50.4 Å². The van der Waals surface area contributed by atoms with E-state index in [1.807, 2.05) is 20.8 Å². The lowest BCUT2D eigenvalue weighted by molar-refractivity contribution is 0.272. The average Bonchev–Trinajstić information content (AvgIpc) is 2.96. The molecule has 4 aromatic rings. The third-order valence-corrected chi connectivity index (χ3v) is 6.08. The molecular weight excluding hydrogens is 544 g/mol. The number of pyridine rings is 2. The van der Waals surface area contributed by atoms with E-state index in [1.165, 1.54) is 26.6 Å². The molecule has 4 rings (SSSR count). The van der Waals surface area contributed by atoms with Crippen molar-refractivity contribution in [2.75, 3.05) is 43.8 Å². The Hall–Kier alpha value is -5.34. The summed E-state index contributed by atoms with van der Waals surface area (Å²) in [4.78, 5) is 25.0. The second-order valence-electron chi connectivity index (χ2n) is 9.47. The van der Waals surface area contributed by atoms with E-state index in [9.17, 15) is 0 Å². The van der Waals surface area contributed by atoms with Crippen molar-refractivity contribution in [3.8, 4) is 40.5 Å². The minimum Gasteiger partial charge on any atom is -0.488 e. The molecular formula is C27H34N10O5. The number of rotatable bonds is 12. The highest BCUT2D eigenvalue weighted by molar-refractivity contribution is 5.52. The van der Waals surface area contributed by atoms with Crippen LogP contribution >= 0.6 is 0 Å². The molecule has 42 heavy (non-hydrogen) atoms. The minimum atomic E-state index is -0.137. The highest BCUT2D eigenvalue weighted by Gasteiger charge is 2.21. The SMILES string of the molecule is COc1ccc(Oc2cnc(N)nc2N)c(C(C)CCOc2cc(Oc3cnc(N)nc3N)c(C(C)C)nc2OC)n1. The molecule has 0 aliphatic carbocycles. The van der Waals surface area contributed by atoms with E-state index in [1.54, 1.807) is 18.2 Å². The lowest BCUT2D eigenvalue weighted by atomic mass is 10.0. The van der Waals surface area contributed by atoms with Crippen molar-refractivity contribution >= 4 is 23.5 Å². The first-order valence-corrected chi connectivity index (χ1v) is 13.0. The Bertz CT molecular complexity index is 1550. The molecule has 1 unspecified atom stereocenters. The monoisotopic (exact) mass is 578 g/mol. The molecule has 0 aliphatic heterocycles. The van der Waals surface area contributed by atoms with E-state index in [0.29, 0.717) is 46.8 Å². The molecule has 0 radical (unpaired) electrons. The van der Waals surface area contributed by atoms with E-state index in [0.717, 1.165) is 0 Å². The number of ether oxygens (including phenoxy) is 5. The normalized spacial score (nSPS) is 11.7. The minimum absolute atomic E-state index is 0.00283. The van der Waals surface area contributed by atoms with Gasteiger partial charge in [-0.05, 0) is 18.4 Å². The summed E-state index contributed by atoms with van der Waals surface area (Å²) >= 11 is 0. The number of anilines is 4. The molecule has 1 atom stereocenters. The highest BCUT2D eigenvalue weighted by atomic mass is 16.5. The van der Waals surface area contributed by atoms with Crippen LogP contribution in [0.15, 0.2) is 30.6 Å². The van der Waals surface area contributed by atoms with Gasteiger partial charge in [-0.3, -0.25) is 0 Å². The number of nitrogens with zero attached hydrogens (tertiary/aromatic N) is 6. The van der Waals surface area contributed by atoms with Crippen molar-refractivity contribution < 1.29 is 23.7 Å². The molecule has 0 spiro atoms. The number of methoxy groups -OCH3 is 2. The Balaban J connectivity index is 1.55. The van der Waals surface area contributed by atoms with Crippen molar-refractivity contribution in [2.45, 2.75) is 39.0 Å². The van der Waals surface area contributed by atoms with Gasteiger partial charge < -0.3 is 46.6 Å². The van der Waals surface area contributed by atoms with Crippen molar-refractivity contribution in [3.05, 3.63) is 42.0 Å². The van der Waals surface area contributed by atoms with Gasteiger partial charge in [0, 0.05) is 18.1 Å². The van der Waals surface area contributed by atoms with Gasteiger partial charge in [-0.2, -0.15) is 9.97 Å². The van der Waals surface area contributed by atoms with Crippen LogP contribution in [0.2, 0.25) is 0 Å². The predicted molar refractivity (Wildman–Crippen MR) is 156 cm³/mol. The van der Waals surface area contributed by atoms with Crippen LogP contribution in [0.4, 0.5) is 23.5 Å². The standard InChI is InChI=1S/C27H34N10O5/c1-13(2)21-16(42-19-12-33-27(31)37-24(19)29)10-17(25(35-21)39-5)40-9-8-14(3)22-15(6-7-20(34-22)38-4)41-18-11-32-26(30)36-23(18)28/h6-7,10-14H,8-9H2,1-5H3,(H4,28,30,32,36)(H4,29,31,33,37). The second kappa shape index (κ2) is 12.9. The predicted octanol–water partition coefficient (Wildman–Crippen LogP) is 3.68. The van der Waals surface area contributed by atoms with Gasteiger partial charge in [-0.1, -0.05) is 20.8 Å². The summed E-state index contributed by atoms with van der Waals surface area (Å²) in [7, 11) is 3.06. The molecule has 4 heterocycles. The van der Waals surface area contributed by atoms with Gasteiger partial charge in [0.15, 0.2) is 34.6 Å². The molecule has 0 saturated heterocycles. The first kappa shape index (κ1) is 29.6. The quantitative estimate of drug-likeness (QED) is 0.188. The molecule has 8 N–H and O–H groups in total. The van der Waals surface area contributed by atoms with Crippen LogP contribution < -0.4 is 46.6 Å². The number of nitrogen functional groups attached to an aromatic ring is 4. The highest BCUT2D eigenvalue weighted by Crippen LogP contribution is 2.39. The van der Waals surface area contributed by atoms with E-state index >= 15 is 0 Å². The van der Waals surface area contributed by atoms with Gasteiger partial charge in [0.05, 0.1) is 44.6 Å². The zero-order valence-electron chi connectivity index (χ0n) is 24.0. The number of hydrogen-bond acceptors (Lipinski definition) is 15. The van der Waals surface area contributed by atoms with Crippen LogP contribution in [0, 0.1) is 0 Å². The fraction of sp³-hybridized carbons (Fsp3) is 0.333. The van der Waals surface area contributed by atoms with Crippen LogP contribution in [-0.4, -0.2) is 50.7 Å². The average molecular weight is 579 g/mol. The number of hydrogen-bond donors (Lipinski definition) is 4. The zero-order valence-corrected chi connectivity index (χ0v) is 24.0. The molecule has 222 valence electrons. The fourth-order valence-corrected chi connectivity index (χ4v) is 3.89. The Morgan fingerprint density at radius 1 is 0.690 bits per heavy atom. The maximum atomic E-state index is 6.13. The lowest BCUT2D eigenvalue weighted by Gasteiger charge is -2.19. The van der Waals surface area contributed by atoms with E-state index < -0.39 is 0 Å². The van der Waals surface area contributed by atoms with Gasteiger partial charge in [0.1, 0.15) is 5.75 Å². The lowest BCUT2D eigenvalue weighted by Crippen LogP contribution is -2.09. The topological polar surface area (TPSA) is 228 Å². The molecule has 0 saturated carbocycles. The van der Waals surface area contributed by atoms with E-state index in [4.69, 9.17) is 46.6 Å². The van der Waals surface area contributed by atoms with Crippen LogP contribution in [-0.2, 0) is 0 Å². The second-order valence-corrected chi connectivity index (χ2v) is 9.47. The van der Waals surface area contributed by atoms with E-state index in [2.05, 4.69) is 29.9 Å². The largest absolute Gasteiger partial charge is 0.488 e. The summed E-state index contributed by atoms with van der Waals surface area (Å²) in [6, 6.07) is 5.12. The summed E-state index contributed by atoms with van der Waals surface area (Å²) in [6.07, 6.45) is 3.34. The van der Waals surface area contributed by atoms with Gasteiger partial charge >= 0.3 is 0 Å². The summed E-state index contributed by atoms with van der Waals surface area (Å²) in [5.74, 6) is 2.63. The molecule has 0 amide bonds. The van der Waals surface area contributed by atoms with Crippen molar-refractivity contribution in [2.24, 2.45) is 0 Å². The van der Waals surface area contributed by atoms with Gasteiger partial charge in [0.25, 0.3) is 5.88 Å². The molecule has 4 aromatic heterocycles. The third-order valence-electron chi connectivity index (χ3n) is 6.08. The molecule has 0 bridgehead atoms. The van der Waals surface area contributed by atoms with Crippen molar-refractivity contribution in [3.63, 3.8) is 0 Å². The van der Waals surface area contributed by atoms with Gasteiger partial charge in [-0.15, -0.1) is 0 Å². The van der Waals surface area contributed by atoms with E-state index in [-0.39, 0.29) is 53.5 Å². The van der Waals surface area contributed by atoms with Crippen molar-refractivity contribution in [1.82, 2.24) is 29.9 Å². The molecule has 15 nitrogen and oxygen atoms in total. The summed E-state index contributed by atoms with van der Waals surface area (Å²) in [5, 5.41) is 0. The Morgan fingerprint density at radius 2 is 1.31 bits per heavy atom. The number of aromatic nitrogens is 6.